The monoisotopic (exact) mass is 298 g/mol. The first-order chi connectivity index (χ1) is 9.66. The van der Waals surface area contributed by atoms with Gasteiger partial charge in [-0.3, -0.25) is 4.90 Å². The third kappa shape index (κ3) is 4.72. The van der Waals surface area contributed by atoms with Crippen molar-refractivity contribution in [3.63, 3.8) is 0 Å². The average Bonchev–Trinajstić information content (AvgIpc) is 2.46. The SMILES string of the molecule is CC(CN1CCOCC1)NCC(O)c1ccccc1Cl. The van der Waals surface area contributed by atoms with Crippen molar-refractivity contribution in [3.8, 4) is 0 Å². The zero-order valence-corrected chi connectivity index (χ0v) is 12.6. The summed E-state index contributed by atoms with van der Waals surface area (Å²) < 4.78 is 5.33. The third-order valence-corrected chi connectivity index (χ3v) is 3.90. The molecule has 1 aliphatic rings. The van der Waals surface area contributed by atoms with Gasteiger partial charge in [-0.2, -0.15) is 0 Å². The summed E-state index contributed by atoms with van der Waals surface area (Å²) in [7, 11) is 0. The minimum absolute atomic E-state index is 0.324. The quantitative estimate of drug-likeness (QED) is 0.839. The lowest BCUT2D eigenvalue weighted by Gasteiger charge is -2.29. The van der Waals surface area contributed by atoms with Crippen LogP contribution in [0.3, 0.4) is 0 Å². The molecule has 4 nitrogen and oxygen atoms in total. The third-order valence-electron chi connectivity index (χ3n) is 3.56. The summed E-state index contributed by atoms with van der Waals surface area (Å²) in [6, 6.07) is 7.75. The molecule has 0 amide bonds. The van der Waals surface area contributed by atoms with Crippen LogP contribution in [0.2, 0.25) is 5.02 Å². The molecule has 1 aliphatic heterocycles. The molecule has 0 saturated carbocycles. The van der Waals surface area contributed by atoms with Gasteiger partial charge in [0.15, 0.2) is 0 Å². The maximum Gasteiger partial charge on any atom is 0.0928 e. The number of hydrogen-bond acceptors (Lipinski definition) is 4. The molecule has 1 heterocycles. The second kappa shape index (κ2) is 7.96. The number of aliphatic hydroxyl groups excluding tert-OH is 1. The molecule has 0 radical (unpaired) electrons. The molecule has 0 bridgehead atoms. The number of ether oxygens (including phenoxy) is 1. The summed E-state index contributed by atoms with van der Waals surface area (Å²) in [6.07, 6.45) is -0.573. The van der Waals surface area contributed by atoms with E-state index < -0.39 is 6.10 Å². The predicted molar refractivity (Wildman–Crippen MR) is 81.1 cm³/mol. The summed E-state index contributed by atoms with van der Waals surface area (Å²) in [5, 5.41) is 14.2. The van der Waals surface area contributed by atoms with Crippen LogP contribution in [0.4, 0.5) is 0 Å². The summed E-state index contributed by atoms with van der Waals surface area (Å²) in [5.41, 5.74) is 0.778. The van der Waals surface area contributed by atoms with Crippen LogP contribution >= 0.6 is 11.6 Å². The number of aliphatic hydroxyl groups is 1. The topological polar surface area (TPSA) is 44.7 Å². The van der Waals surface area contributed by atoms with E-state index in [9.17, 15) is 5.11 Å². The van der Waals surface area contributed by atoms with Crippen LogP contribution in [-0.2, 0) is 4.74 Å². The molecule has 112 valence electrons. The number of morpholine rings is 1. The summed E-state index contributed by atoms with van der Waals surface area (Å²) in [5.74, 6) is 0. The van der Waals surface area contributed by atoms with Gasteiger partial charge in [0.05, 0.1) is 19.3 Å². The van der Waals surface area contributed by atoms with E-state index in [1.54, 1.807) is 6.07 Å². The van der Waals surface area contributed by atoms with Gasteiger partial charge in [0, 0.05) is 42.8 Å². The average molecular weight is 299 g/mol. The smallest absolute Gasteiger partial charge is 0.0928 e. The number of benzene rings is 1. The van der Waals surface area contributed by atoms with E-state index in [0.29, 0.717) is 17.6 Å². The summed E-state index contributed by atoms with van der Waals surface area (Å²) >= 11 is 6.08. The Labute approximate surface area is 125 Å². The number of halogens is 1. The van der Waals surface area contributed by atoms with E-state index in [-0.39, 0.29) is 0 Å². The molecule has 2 N–H and O–H groups in total. The van der Waals surface area contributed by atoms with E-state index in [1.807, 2.05) is 18.2 Å². The molecule has 5 heteroatoms. The Morgan fingerprint density at radius 1 is 1.35 bits per heavy atom. The molecule has 2 unspecified atom stereocenters. The fraction of sp³-hybridized carbons (Fsp3) is 0.600. The molecule has 2 atom stereocenters. The molecule has 0 aliphatic carbocycles. The Morgan fingerprint density at radius 3 is 2.75 bits per heavy atom. The van der Waals surface area contributed by atoms with Crippen LogP contribution in [0, 0.1) is 0 Å². The highest BCUT2D eigenvalue weighted by Crippen LogP contribution is 2.21. The Balaban J connectivity index is 1.75. The molecule has 2 rings (SSSR count). The molecule has 20 heavy (non-hydrogen) atoms. The predicted octanol–water partition coefficient (Wildman–Crippen LogP) is 1.68. The zero-order valence-electron chi connectivity index (χ0n) is 11.9. The second-order valence-electron chi connectivity index (χ2n) is 5.26. The van der Waals surface area contributed by atoms with Gasteiger partial charge in [-0.15, -0.1) is 0 Å². The normalized spacial score (nSPS) is 19.8. The van der Waals surface area contributed by atoms with Crippen molar-refractivity contribution in [2.75, 3.05) is 39.4 Å². The van der Waals surface area contributed by atoms with Gasteiger partial charge in [0.1, 0.15) is 0 Å². The highest BCUT2D eigenvalue weighted by Gasteiger charge is 2.15. The lowest BCUT2D eigenvalue weighted by molar-refractivity contribution is 0.0336. The fourth-order valence-electron chi connectivity index (χ4n) is 2.40. The molecule has 1 aromatic carbocycles. The van der Waals surface area contributed by atoms with Crippen molar-refractivity contribution in [2.24, 2.45) is 0 Å². The minimum Gasteiger partial charge on any atom is -0.387 e. The highest BCUT2D eigenvalue weighted by atomic mass is 35.5. The summed E-state index contributed by atoms with van der Waals surface area (Å²) in [4.78, 5) is 2.38. The lowest BCUT2D eigenvalue weighted by Crippen LogP contribution is -2.45. The maximum absolute atomic E-state index is 10.2. The van der Waals surface area contributed by atoms with Crippen molar-refractivity contribution in [1.29, 1.82) is 0 Å². The number of rotatable bonds is 6. The zero-order chi connectivity index (χ0) is 14.4. The Kier molecular flexibility index (Phi) is 6.26. The van der Waals surface area contributed by atoms with Gasteiger partial charge in [-0.05, 0) is 13.0 Å². The standard InChI is InChI=1S/C15H23ClN2O2/c1-12(11-18-6-8-20-9-7-18)17-10-15(19)13-4-2-3-5-14(13)16/h2-5,12,15,17,19H,6-11H2,1H3. The fourth-order valence-corrected chi connectivity index (χ4v) is 2.67. The highest BCUT2D eigenvalue weighted by molar-refractivity contribution is 6.31. The van der Waals surface area contributed by atoms with E-state index in [0.717, 1.165) is 38.4 Å². The molecule has 1 fully saturated rings. The summed E-state index contributed by atoms with van der Waals surface area (Å²) in [6.45, 7) is 7.21. The molecule has 0 aromatic heterocycles. The van der Waals surface area contributed by atoms with Crippen molar-refractivity contribution in [3.05, 3.63) is 34.9 Å². The van der Waals surface area contributed by atoms with Crippen LogP contribution in [0.15, 0.2) is 24.3 Å². The van der Waals surface area contributed by atoms with Gasteiger partial charge in [-0.25, -0.2) is 0 Å². The molecule has 0 spiro atoms. The first-order valence-corrected chi connectivity index (χ1v) is 7.50. The van der Waals surface area contributed by atoms with Gasteiger partial charge in [0.2, 0.25) is 0 Å². The van der Waals surface area contributed by atoms with Crippen molar-refractivity contribution >= 4 is 11.6 Å². The Hall–Kier alpha value is -0.650. The first kappa shape index (κ1) is 15.7. The molecular formula is C15H23ClN2O2. The molecule has 1 aromatic rings. The van der Waals surface area contributed by atoms with Gasteiger partial charge in [0.25, 0.3) is 0 Å². The number of nitrogens with zero attached hydrogens (tertiary/aromatic N) is 1. The van der Waals surface area contributed by atoms with Crippen LogP contribution < -0.4 is 5.32 Å². The van der Waals surface area contributed by atoms with E-state index in [1.165, 1.54) is 0 Å². The van der Waals surface area contributed by atoms with Crippen molar-refractivity contribution < 1.29 is 9.84 Å². The van der Waals surface area contributed by atoms with E-state index in [2.05, 4.69) is 17.1 Å². The second-order valence-corrected chi connectivity index (χ2v) is 5.67. The maximum atomic E-state index is 10.2. The van der Waals surface area contributed by atoms with Crippen molar-refractivity contribution in [1.82, 2.24) is 10.2 Å². The van der Waals surface area contributed by atoms with Crippen LogP contribution in [-0.4, -0.2) is 55.4 Å². The number of hydrogen-bond donors (Lipinski definition) is 2. The van der Waals surface area contributed by atoms with Crippen LogP contribution in [0.5, 0.6) is 0 Å². The van der Waals surface area contributed by atoms with Gasteiger partial charge < -0.3 is 15.2 Å². The van der Waals surface area contributed by atoms with Crippen LogP contribution in [0.1, 0.15) is 18.6 Å². The largest absolute Gasteiger partial charge is 0.387 e. The van der Waals surface area contributed by atoms with Gasteiger partial charge in [-0.1, -0.05) is 29.8 Å². The van der Waals surface area contributed by atoms with E-state index >= 15 is 0 Å². The van der Waals surface area contributed by atoms with Crippen LogP contribution in [0.25, 0.3) is 0 Å². The first-order valence-electron chi connectivity index (χ1n) is 7.13. The lowest BCUT2D eigenvalue weighted by atomic mass is 10.1. The minimum atomic E-state index is -0.573. The Bertz CT molecular complexity index is 411. The molecular weight excluding hydrogens is 276 g/mol. The Morgan fingerprint density at radius 2 is 2.05 bits per heavy atom. The molecule has 1 saturated heterocycles. The van der Waals surface area contributed by atoms with Gasteiger partial charge >= 0.3 is 0 Å². The van der Waals surface area contributed by atoms with Crippen molar-refractivity contribution in [2.45, 2.75) is 19.1 Å². The van der Waals surface area contributed by atoms with E-state index in [4.69, 9.17) is 16.3 Å². The number of nitrogens with one attached hydrogen (secondary N) is 1.